The van der Waals surface area contributed by atoms with E-state index in [-0.39, 0.29) is 18.1 Å². The Morgan fingerprint density at radius 1 is 1.07 bits per heavy atom. The Bertz CT molecular complexity index is 836. The van der Waals surface area contributed by atoms with Gasteiger partial charge in [-0.15, -0.1) is 11.3 Å². The van der Waals surface area contributed by atoms with E-state index in [0.717, 1.165) is 24.1 Å². The van der Waals surface area contributed by atoms with E-state index in [9.17, 15) is 14.4 Å². The summed E-state index contributed by atoms with van der Waals surface area (Å²) in [6.45, 7) is 0.673. The topological polar surface area (TPSA) is 88.4 Å². The molecule has 1 aliphatic rings. The van der Waals surface area contributed by atoms with Gasteiger partial charge in [0.1, 0.15) is 0 Å². The van der Waals surface area contributed by atoms with Gasteiger partial charge in [-0.25, -0.2) is 0 Å². The summed E-state index contributed by atoms with van der Waals surface area (Å²) in [5.74, 6) is -1.22. The Kier molecular flexibility index (Phi) is 6.59. The van der Waals surface area contributed by atoms with Crippen LogP contribution in [0.2, 0.25) is 0 Å². The number of thiophene rings is 1. The molecular formula is C20H22N2O4S. The minimum absolute atomic E-state index is 0.197. The van der Waals surface area contributed by atoms with Crippen LogP contribution in [0.1, 0.15) is 52.4 Å². The number of nitrogens with one attached hydrogen (secondary N) is 2. The second kappa shape index (κ2) is 9.32. The number of furan rings is 1. The molecule has 0 aromatic carbocycles. The van der Waals surface area contributed by atoms with Gasteiger partial charge in [-0.1, -0.05) is 11.6 Å². The summed E-state index contributed by atoms with van der Waals surface area (Å²) in [5, 5.41) is 5.24. The molecule has 0 fully saturated rings. The molecule has 0 radical (unpaired) electrons. The first-order valence-corrected chi connectivity index (χ1v) is 9.86. The van der Waals surface area contributed by atoms with Crippen LogP contribution in [0.5, 0.6) is 0 Å². The average molecular weight is 386 g/mol. The molecule has 1 aliphatic carbocycles. The van der Waals surface area contributed by atoms with E-state index in [4.69, 9.17) is 4.42 Å². The molecule has 0 saturated carbocycles. The molecule has 0 aliphatic heterocycles. The molecule has 6 nitrogen and oxygen atoms in total. The quantitative estimate of drug-likeness (QED) is 0.434. The maximum absolute atomic E-state index is 12.2. The van der Waals surface area contributed by atoms with Crippen LogP contribution in [0.15, 0.2) is 46.6 Å². The second-order valence-electron chi connectivity index (χ2n) is 6.37. The number of hydrogen-bond donors (Lipinski definition) is 2. The van der Waals surface area contributed by atoms with Gasteiger partial charge in [0.2, 0.25) is 5.78 Å². The summed E-state index contributed by atoms with van der Waals surface area (Å²) in [4.78, 5) is 37.3. The second-order valence-corrected chi connectivity index (χ2v) is 7.54. The van der Waals surface area contributed by atoms with Gasteiger partial charge in [0.25, 0.3) is 0 Å². The van der Waals surface area contributed by atoms with Crippen LogP contribution in [-0.2, 0) is 16.1 Å². The van der Waals surface area contributed by atoms with Crippen molar-refractivity contribution in [2.45, 2.75) is 38.6 Å². The minimum atomic E-state index is -0.667. The Labute approximate surface area is 161 Å². The van der Waals surface area contributed by atoms with Crippen molar-refractivity contribution in [3.63, 3.8) is 0 Å². The van der Waals surface area contributed by atoms with Crippen molar-refractivity contribution in [2.75, 3.05) is 6.54 Å². The van der Waals surface area contributed by atoms with E-state index in [1.165, 1.54) is 36.0 Å². The van der Waals surface area contributed by atoms with Crippen LogP contribution in [0.4, 0.5) is 0 Å². The number of hydrogen-bond acceptors (Lipinski definition) is 5. The molecule has 2 aromatic rings. The third-order valence-corrected chi connectivity index (χ3v) is 5.46. The first kappa shape index (κ1) is 19.1. The zero-order chi connectivity index (χ0) is 19.1. The average Bonchev–Trinajstić information content (AvgIpc) is 3.38. The third-order valence-electron chi connectivity index (χ3n) is 4.38. The lowest BCUT2D eigenvalue weighted by molar-refractivity contribution is -0.139. The monoisotopic (exact) mass is 386 g/mol. The largest absolute Gasteiger partial charge is 0.461 e. The maximum atomic E-state index is 12.2. The highest BCUT2D eigenvalue weighted by Crippen LogP contribution is 2.20. The maximum Gasteiger partial charge on any atom is 0.309 e. The number of rotatable bonds is 7. The summed E-state index contributed by atoms with van der Waals surface area (Å²) in [7, 11) is 0. The van der Waals surface area contributed by atoms with Crippen molar-refractivity contribution in [2.24, 2.45) is 0 Å². The van der Waals surface area contributed by atoms with Crippen LogP contribution in [-0.4, -0.2) is 24.1 Å². The summed E-state index contributed by atoms with van der Waals surface area (Å²) in [5.41, 5.74) is 1.36. The van der Waals surface area contributed by atoms with Gasteiger partial charge in [0.05, 0.1) is 17.7 Å². The molecule has 2 N–H and O–H groups in total. The molecule has 2 heterocycles. The summed E-state index contributed by atoms with van der Waals surface area (Å²) < 4.78 is 5.10. The van der Waals surface area contributed by atoms with Gasteiger partial charge < -0.3 is 15.1 Å². The molecule has 27 heavy (non-hydrogen) atoms. The Morgan fingerprint density at radius 2 is 1.93 bits per heavy atom. The lowest BCUT2D eigenvalue weighted by atomic mass is 9.97. The van der Waals surface area contributed by atoms with Crippen LogP contribution >= 0.6 is 11.3 Å². The molecule has 0 spiro atoms. The van der Waals surface area contributed by atoms with Crippen molar-refractivity contribution in [1.29, 1.82) is 0 Å². The molecule has 2 aromatic heterocycles. The van der Waals surface area contributed by atoms with E-state index in [1.54, 1.807) is 24.3 Å². The first-order chi connectivity index (χ1) is 13.1. The van der Waals surface area contributed by atoms with Crippen molar-refractivity contribution < 1.29 is 18.8 Å². The van der Waals surface area contributed by atoms with E-state index in [2.05, 4.69) is 16.7 Å². The lowest BCUT2D eigenvalue weighted by Gasteiger charge is -2.12. The molecule has 0 unspecified atom stereocenters. The van der Waals surface area contributed by atoms with E-state index in [0.29, 0.717) is 11.4 Å². The molecule has 0 bridgehead atoms. The number of carbonyl (C=O) groups is 3. The van der Waals surface area contributed by atoms with Crippen LogP contribution in [0, 0.1) is 0 Å². The van der Waals surface area contributed by atoms with Gasteiger partial charge in [-0.2, -0.15) is 0 Å². The number of carbonyl (C=O) groups excluding carboxylic acids is 3. The standard InChI is InChI=1S/C20H22N2O4S/c23-18(16-7-4-12-26-16)17-9-8-15(27-17)13-22-20(25)19(24)21-11-10-14-5-2-1-3-6-14/h4-5,7-9,12H,1-3,6,10-11,13H2,(H,21,24)(H,22,25). The zero-order valence-electron chi connectivity index (χ0n) is 15.0. The highest BCUT2D eigenvalue weighted by molar-refractivity contribution is 7.14. The van der Waals surface area contributed by atoms with E-state index < -0.39 is 11.8 Å². The summed E-state index contributed by atoms with van der Waals surface area (Å²) >= 11 is 1.27. The lowest BCUT2D eigenvalue weighted by Crippen LogP contribution is -2.39. The fourth-order valence-electron chi connectivity index (χ4n) is 2.92. The van der Waals surface area contributed by atoms with E-state index in [1.807, 2.05) is 0 Å². The van der Waals surface area contributed by atoms with Gasteiger partial charge in [-0.3, -0.25) is 14.4 Å². The van der Waals surface area contributed by atoms with Crippen molar-refractivity contribution in [1.82, 2.24) is 10.6 Å². The summed E-state index contributed by atoms with van der Waals surface area (Å²) in [6.07, 6.45) is 9.09. The molecule has 142 valence electrons. The molecular weight excluding hydrogens is 364 g/mol. The number of ketones is 1. The van der Waals surface area contributed by atoms with Crippen molar-refractivity contribution in [3.8, 4) is 0 Å². The first-order valence-electron chi connectivity index (χ1n) is 9.04. The SMILES string of the molecule is O=C(NCCC1=CCCCC1)C(=O)NCc1ccc(C(=O)c2ccco2)s1. The van der Waals surface area contributed by atoms with E-state index >= 15 is 0 Å². The van der Waals surface area contributed by atoms with Crippen LogP contribution in [0.25, 0.3) is 0 Å². The number of amides is 2. The predicted octanol–water partition coefficient (Wildman–Crippen LogP) is 3.20. The molecule has 3 rings (SSSR count). The zero-order valence-corrected chi connectivity index (χ0v) is 15.8. The molecule has 0 atom stereocenters. The van der Waals surface area contributed by atoms with Gasteiger partial charge in [0.15, 0.2) is 5.76 Å². The van der Waals surface area contributed by atoms with Crippen LogP contribution < -0.4 is 10.6 Å². The smallest absolute Gasteiger partial charge is 0.309 e. The highest BCUT2D eigenvalue weighted by atomic mass is 32.1. The summed E-state index contributed by atoms with van der Waals surface area (Å²) in [6, 6.07) is 6.71. The third kappa shape index (κ3) is 5.40. The highest BCUT2D eigenvalue weighted by Gasteiger charge is 2.16. The predicted molar refractivity (Wildman–Crippen MR) is 102 cm³/mol. The molecule has 7 heteroatoms. The fourth-order valence-corrected chi connectivity index (χ4v) is 3.81. The Morgan fingerprint density at radius 3 is 2.67 bits per heavy atom. The fraction of sp³-hybridized carbons (Fsp3) is 0.350. The number of allylic oxidation sites excluding steroid dienone is 1. The molecule has 0 saturated heterocycles. The van der Waals surface area contributed by atoms with Crippen LogP contribution in [0.3, 0.4) is 0 Å². The molecule has 2 amide bonds. The van der Waals surface area contributed by atoms with Gasteiger partial charge in [-0.05, 0) is 56.4 Å². The minimum Gasteiger partial charge on any atom is -0.461 e. The Hall–Kier alpha value is -2.67. The Balaban J connectivity index is 1.41. The van der Waals surface area contributed by atoms with Crippen molar-refractivity contribution in [3.05, 3.63) is 57.7 Å². The normalized spacial score (nSPS) is 13.7. The van der Waals surface area contributed by atoms with Gasteiger partial charge in [0, 0.05) is 11.4 Å². The van der Waals surface area contributed by atoms with Crippen molar-refractivity contribution >= 4 is 28.9 Å². The van der Waals surface area contributed by atoms with Gasteiger partial charge >= 0.3 is 11.8 Å².